The third kappa shape index (κ3) is 1.72. The second-order valence-corrected chi connectivity index (χ2v) is 4.62. The summed E-state index contributed by atoms with van der Waals surface area (Å²) >= 11 is 0. The number of fused-ring (bicyclic) bond motifs is 1. The number of rotatable bonds is 3. The molecule has 0 radical (unpaired) electrons. The topological polar surface area (TPSA) is 35.2 Å². The molecular formula is C13H19N2O+. The Morgan fingerprint density at radius 2 is 2.06 bits per heavy atom. The predicted molar refractivity (Wildman–Crippen MR) is 68.3 cm³/mol. The van der Waals surface area contributed by atoms with Gasteiger partial charge in [-0.25, -0.2) is 0 Å². The van der Waals surface area contributed by atoms with E-state index in [1.807, 2.05) is 6.07 Å². The molecule has 1 aliphatic rings. The van der Waals surface area contributed by atoms with Gasteiger partial charge in [0.05, 0.1) is 21.2 Å². The molecule has 1 heterocycles. The quantitative estimate of drug-likeness (QED) is 0.789. The highest BCUT2D eigenvalue weighted by molar-refractivity contribution is 5.83. The summed E-state index contributed by atoms with van der Waals surface area (Å²) in [6, 6.07) is 6.25. The van der Waals surface area contributed by atoms with Crippen molar-refractivity contribution in [2.45, 2.75) is 6.42 Å². The first-order valence-corrected chi connectivity index (χ1v) is 5.53. The summed E-state index contributed by atoms with van der Waals surface area (Å²) in [6.45, 7) is 0.683. The monoisotopic (exact) mass is 219 g/mol. The molecule has 0 saturated heterocycles. The highest BCUT2D eigenvalue weighted by atomic mass is 16.5. The second kappa shape index (κ2) is 3.92. The molecule has 0 aliphatic carbocycles. The van der Waals surface area contributed by atoms with Crippen molar-refractivity contribution in [1.29, 1.82) is 0 Å². The number of quaternary nitrogens is 1. The third-order valence-electron chi connectivity index (χ3n) is 3.06. The maximum atomic E-state index is 5.65. The van der Waals surface area contributed by atoms with Crippen LogP contribution in [0.4, 0.5) is 5.69 Å². The van der Waals surface area contributed by atoms with Crippen LogP contribution in [-0.4, -0.2) is 27.7 Å². The van der Waals surface area contributed by atoms with Crippen LogP contribution in [0.5, 0.6) is 5.75 Å². The SMILES string of the molecule is COc1ccc2c(c1)C(CCN)=C[N+]2(C)C. The molecule has 0 bridgehead atoms. The summed E-state index contributed by atoms with van der Waals surface area (Å²) in [5.41, 5.74) is 9.55. The molecule has 0 fully saturated rings. The van der Waals surface area contributed by atoms with Crippen molar-refractivity contribution in [3.63, 3.8) is 0 Å². The summed E-state index contributed by atoms with van der Waals surface area (Å²) in [5.74, 6) is 0.906. The molecule has 3 nitrogen and oxygen atoms in total. The molecule has 0 amide bonds. The lowest BCUT2D eigenvalue weighted by Gasteiger charge is -2.21. The van der Waals surface area contributed by atoms with Gasteiger partial charge in [0.25, 0.3) is 0 Å². The van der Waals surface area contributed by atoms with Crippen molar-refractivity contribution < 1.29 is 4.74 Å². The second-order valence-electron chi connectivity index (χ2n) is 4.62. The summed E-state index contributed by atoms with van der Waals surface area (Å²) in [4.78, 5) is 0. The molecular weight excluding hydrogens is 200 g/mol. The Bertz CT molecular complexity index is 436. The number of hydrogen-bond donors (Lipinski definition) is 1. The van der Waals surface area contributed by atoms with E-state index in [9.17, 15) is 0 Å². The van der Waals surface area contributed by atoms with Crippen LogP contribution in [0, 0.1) is 0 Å². The van der Waals surface area contributed by atoms with E-state index in [1.165, 1.54) is 16.8 Å². The average Bonchev–Trinajstić information content (AvgIpc) is 2.51. The molecule has 1 aromatic rings. The van der Waals surface area contributed by atoms with E-state index in [-0.39, 0.29) is 0 Å². The zero-order valence-electron chi connectivity index (χ0n) is 10.2. The standard InChI is InChI=1S/C13H19N2O/c1-15(2)9-10(6-7-14)12-8-11(16-3)4-5-13(12)15/h4-5,8-9H,6-7,14H2,1-3H3/q+1. The molecule has 0 saturated carbocycles. The number of nitrogens with two attached hydrogens (primary N) is 1. The Morgan fingerprint density at radius 1 is 1.31 bits per heavy atom. The number of hydrogen-bond acceptors (Lipinski definition) is 2. The first-order chi connectivity index (χ1) is 7.58. The van der Waals surface area contributed by atoms with Crippen molar-refractivity contribution in [2.24, 2.45) is 5.73 Å². The van der Waals surface area contributed by atoms with E-state index in [2.05, 4.69) is 32.4 Å². The Hall–Kier alpha value is -1.32. The number of nitrogens with zero attached hydrogens (tertiary/aromatic N) is 1. The molecule has 0 atom stereocenters. The van der Waals surface area contributed by atoms with Crippen molar-refractivity contribution >= 4 is 11.3 Å². The van der Waals surface area contributed by atoms with Gasteiger partial charge in [-0.3, -0.25) is 4.48 Å². The molecule has 86 valence electrons. The maximum absolute atomic E-state index is 5.65. The predicted octanol–water partition coefficient (Wildman–Crippen LogP) is 1.97. The van der Waals surface area contributed by atoms with Crippen molar-refractivity contribution in [3.05, 3.63) is 30.0 Å². The van der Waals surface area contributed by atoms with Crippen molar-refractivity contribution in [1.82, 2.24) is 4.48 Å². The summed E-state index contributed by atoms with van der Waals surface area (Å²) in [6.07, 6.45) is 3.18. The lowest BCUT2D eigenvalue weighted by atomic mass is 10.0. The molecule has 1 aliphatic heterocycles. The van der Waals surface area contributed by atoms with Crippen molar-refractivity contribution in [2.75, 3.05) is 27.7 Å². The van der Waals surface area contributed by atoms with Crippen LogP contribution in [0.25, 0.3) is 5.57 Å². The van der Waals surface area contributed by atoms with E-state index in [0.717, 1.165) is 16.7 Å². The third-order valence-corrected chi connectivity index (χ3v) is 3.06. The van der Waals surface area contributed by atoms with Crippen molar-refractivity contribution in [3.8, 4) is 5.75 Å². The van der Waals surface area contributed by atoms with Gasteiger partial charge in [0.15, 0.2) is 0 Å². The Balaban J connectivity index is 2.49. The molecule has 3 heteroatoms. The molecule has 2 N–H and O–H groups in total. The number of methoxy groups -OCH3 is 1. The minimum absolute atomic E-state index is 0.683. The van der Waals surface area contributed by atoms with E-state index < -0.39 is 0 Å². The minimum Gasteiger partial charge on any atom is -0.497 e. The largest absolute Gasteiger partial charge is 0.497 e. The highest BCUT2D eigenvalue weighted by Gasteiger charge is 2.30. The van der Waals surface area contributed by atoms with E-state index >= 15 is 0 Å². The van der Waals surface area contributed by atoms with Gasteiger partial charge < -0.3 is 10.5 Å². The van der Waals surface area contributed by atoms with Gasteiger partial charge in [0, 0.05) is 17.2 Å². The molecule has 2 rings (SSSR count). The van der Waals surface area contributed by atoms with Gasteiger partial charge in [0.2, 0.25) is 0 Å². The molecule has 0 unspecified atom stereocenters. The fraction of sp³-hybridized carbons (Fsp3) is 0.385. The normalized spacial score (nSPS) is 16.9. The lowest BCUT2D eigenvalue weighted by molar-refractivity contribution is 0.414. The van der Waals surface area contributed by atoms with Crippen LogP contribution >= 0.6 is 0 Å². The van der Waals surface area contributed by atoms with Crippen LogP contribution in [0.1, 0.15) is 12.0 Å². The van der Waals surface area contributed by atoms with Gasteiger partial charge >= 0.3 is 0 Å². The summed E-state index contributed by atoms with van der Waals surface area (Å²) < 4.78 is 6.06. The van der Waals surface area contributed by atoms with E-state index in [0.29, 0.717) is 6.54 Å². The summed E-state index contributed by atoms with van der Waals surface area (Å²) in [7, 11) is 6.05. The number of benzene rings is 1. The van der Waals surface area contributed by atoms with Crippen LogP contribution in [0.3, 0.4) is 0 Å². The highest BCUT2D eigenvalue weighted by Crippen LogP contribution is 2.40. The summed E-state index contributed by atoms with van der Waals surface area (Å²) in [5, 5.41) is 0. The Kier molecular flexibility index (Phi) is 2.74. The van der Waals surface area contributed by atoms with Gasteiger partial charge in [-0.2, -0.15) is 0 Å². The van der Waals surface area contributed by atoms with Gasteiger partial charge in [-0.15, -0.1) is 0 Å². The zero-order chi connectivity index (χ0) is 11.8. The van der Waals surface area contributed by atoms with Crippen LogP contribution in [0.15, 0.2) is 24.4 Å². The first-order valence-electron chi connectivity index (χ1n) is 5.53. The fourth-order valence-electron chi connectivity index (χ4n) is 2.29. The van der Waals surface area contributed by atoms with E-state index in [4.69, 9.17) is 10.5 Å². The number of ether oxygens (including phenoxy) is 1. The first kappa shape index (κ1) is 11.2. The zero-order valence-corrected chi connectivity index (χ0v) is 10.2. The van der Waals surface area contributed by atoms with E-state index in [1.54, 1.807) is 7.11 Å². The Morgan fingerprint density at radius 3 is 2.69 bits per heavy atom. The van der Waals surface area contributed by atoms with Gasteiger partial charge in [-0.05, 0) is 25.1 Å². The van der Waals surface area contributed by atoms with Crippen LogP contribution < -0.4 is 15.0 Å². The molecule has 1 aromatic carbocycles. The average molecular weight is 219 g/mol. The van der Waals surface area contributed by atoms with Crippen LogP contribution in [0.2, 0.25) is 0 Å². The smallest absolute Gasteiger partial charge is 0.145 e. The molecule has 16 heavy (non-hydrogen) atoms. The Labute approximate surface area is 96.7 Å². The maximum Gasteiger partial charge on any atom is 0.145 e. The lowest BCUT2D eigenvalue weighted by Crippen LogP contribution is -2.31. The molecule has 0 aromatic heterocycles. The minimum atomic E-state index is 0.683. The van der Waals surface area contributed by atoms with Gasteiger partial charge in [0.1, 0.15) is 17.6 Å². The van der Waals surface area contributed by atoms with Gasteiger partial charge in [-0.1, -0.05) is 0 Å². The fourth-order valence-corrected chi connectivity index (χ4v) is 2.29. The van der Waals surface area contributed by atoms with Crippen LogP contribution in [-0.2, 0) is 0 Å². The molecule has 0 spiro atoms.